The molecule has 54 heavy (non-hydrogen) atoms. The Kier molecular flexibility index (Phi) is 13.4. The van der Waals surface area contributed by atoms with Crippen LogP contribution >= 0.6 is 0 Å². The van der Waals surface area contributed by atoms with Crippen LogP contribution < -0.4 is 31.9 Å². The molecule has 0 saturated carbocycles. The summed E-state index contributed by atoms with van der Waals surface area (Å²) >= 11 is 0. The number of fused-ring (bicyclic) bond motifs is 2. The molecule has 1 aromatic carbocycles. The zero-order valence-corrected chi connectivity index (χ0v) is 30.7. The second-order valence-corrected chi connectivity index (χ2v) is 14.4. The highest BCUT2D eigenvalue weighted by molar-refractivity contribution is 5.99. The smallest absolute Gasteiger partial charge is 0.245 e. The molecule has 3 heterocycles. The quantitative estimate of drug-likeness (QED) is 0.136. The van der Waals surface area contributed by atoms with Gasteiger partial charge in [0.25, 0.3) is 0 Å². The molecule has 0 spiro atoms. The maximum absolute atomic E-state index is 14.0. The minimum absolute atomic E-state index is 0.109. The number of aromatic amines is 1. The lowest BCUT2D eigenvalue weighted by Gasteiger charge is -2.30. The van der Waals surface area contributed by atoms with Crippen molar-refractivity contribution in [3.05, 3.63) is 36.0 Å². The molecule has 0 bridgehead atoms. The number of hydrogen-bond donors (Lipinski definition) is 11. The summed E-state index contributed by atoms with van der Waals surface area (Å²) in [7, 11) is 0. The lowest BCUT2D eigenvalue weighted by molar-refractivity contribution is -0.142. The molecular formula is C35H50N8O11. The van der Waals surface area contributed by atoms with E-state index in [1.165, 1.54) is 34.6 Å². The van der Waals surface area contributed by atoms with Gasteiger partial charge in [-0.15, -0.1) is 0 Å². The first-order chi connectivity index (χ1) is 25.3. The van der Waals surface area contributed by atoms with Gasteiger partial charge in [0, 0.05) is 42.9 Å². The molecule has 0 radical (unpaired) electrons. The number of H-pyrrole nitrogens is 1. The molecular weight excluding hydrogens is 708 g/mol. The Bertz CT molecular complexity index is 1750. The monoisotopic (exact) mass is 758 g/mol. The Morgan fingerprint density at radius 3 is 2.02 bits per heavy atom. The van der Waals surface area contributed by atoms with Crippen LogP contribution in [0.4, 0.5) is 0 Å². The van der Waals surface area contributed by atoms with E-state index < -0.39 is 114 Å². The fourth-order valence-corrected chi connectivity index (χ4v) is 6.37. The molecule has 0 aliphatic carbocycles. The molecule has 4 rings (SSSR count). The molecule has 2 aliphatic heterocycles. The summed E-state index contributed by atoms with van der Waals surface area (Å²) in [6.45, 7) is 5.29. The summed E-state index contributed by atoms with van der Waals surface area (Å²) < 4.78 is 0. The number of carbonyl (C=O) groups is 7. The maximum atomic E-state index is 14.0. The van der Waals surface area contributed by atoms with Gasteiger partial charge in [0.15, 0.2) is 0 Å². The second-order valence-electron chi connectivity index (χ2n) is 14.4. The highest BCUT2D eigenvalue weighted by atomic mass is 16.3. The Hall–Kier alpha value is -5.11. The summed E-state index contributed by atoms with van der Waals surface area (Å²) in [5.41, 5.74) is -0.541. The SMILES string of the molecule is CC1NC(=O)C(CC(C)(O)CO)NC(=O)C(Cc2c[nH]c3ccccc23)NC(=O)C(C)NC(=O)C2CC(O)CN2C(=O)C(C)NC(=O)C(C(C)O)NC1=O. The summed E-state index contributed by atoms with van der Waals surface area (Å²) in [5.74, 6) is -6.14. The van der Waals surface area contributed by atoms with Crippen molar-refractivity contribution >= 4 is 52.3 Å². The number of amides is 7. The van der Waals surface area contributed by atoms with Crippen LogP contribution in [-0.2, 0) is 40.0 Å². The van der Waals surface area contributed by atoms with E-state index in [9.17, 15) is 54.0 Å². The zero-order valence-electron chi connectivity index (χ0n) is 30.7. The van der Waals surface area contributed by atoms with E-state index in [1.807, 2.05) is 6.07 Å². The van der Waals surface area contributed by atoms with Gasteiger partial charge >= 0.3 is 0 Å². The third-order valence-corrected chi connectivity index (χ3v) is 9.51. The predicted octanol–water partition coefficient (Wildman–Crippen LogP) is -3.83. The van der Waals surface area contributed by atoms with Crippen LogP contribution in [0.3, 0.4) is 0 Å². The van der Waals surface area contributed by atoms with Crippen molar-refractivity contribution in [1.29, 1.82) is 0 Å². The van der Waals surface area contributed by atoms with Gasteiger partial charge in [-0.05, 0) is 46.2 Å². The molecule has 2 aliphatic rings. The number of carbonyl (C=O) groups excluding carboxylic acids is 7. The highest BCUT2D eigenvalue weighted by Crippen LogP contribution is 2.21. The minimum Gasteiger partial charge on any atom is -0.393 e. The lowest BCUT2D eigenvalue weighted by atomic mass is 9.96. The van der Waals surface area contributed by atoms with Gasteiger partial charge in [0.05, 0.1) is 24.4 Å². The van der Waals surface area contributed by atoms with E-state index in [0.29, 0.717) is 5.56 Å². The fourth-order valence-electron chi connectivity index (χ4n) is 6.37. The van der Waals surface area contributed by atoms with Crippen LogP contribution in [0.15, 0.2) is 30.5 Å². The number of nitrogens with one attached hydrogen (secondary N) is 7. The van der Waals surface area contributed by atoms with Crippen LogP contribution in [0.2, 0.25) is 0 Å². The van der Waals surface area contributed by atoms with Gasteiger partial charge in [0.2, 0.25) is 41.4 Å². The number of aliphatic hydroxyl groups is 4. The van der Waals surface area contributed by atoms with E-state index in [-0.39, 0.29) is 19.4 Å². The largest absolute Gasteiger partial charge is 0.393 e. The topological polar surface area (TPSA) is 292 Å². The number of rotatable bonds is 6. The highest BCUT2D eigenvalue weighted by Gasteiger charge is 2.42. The maximum Gasteiger partial charge on any atom is 0.245 e. The number of aliphatic hydroxyl groups excluding tert-OH is 3. The Balaban J connectivity index is 1.73. The third kappa shape index (κ3) is 10.1. The van der Waals surface area contributed by atoms with Gasteiger partial charge in [0.1, 0.15) is 42.3 Å². The lowest BCUT2D eigenvalue weighted by Crippen LogP contribution is -2.61. The second kappa shape index (κ2) is 17.4. The van der Waals surface area contributed by atoms with Crippen molar-refractivity contribution in [2.75, 3.05) is 13.2 Å². The number of hydrogen-bond acceptors (Lipinski definition) is 11. The fraction of sp³-hybridized carbons (Fsp3) is 0.571. The summed E-state index contributed by atoms with van der Waals surface area (Å²) in [6.07, 6.45) is -1.77. The van der Waals surface area contributed by atoms with Crippen LogP contribution in [0.1, 0.15) is 53.0 Å². The van der Waals surface area contributed by atoms with E-state index in [1.54, 1.807) is 24.4 Å². The zero-order chi connectivity index (χ0) is 40.1. The molecule has 19 nitrogen and oxygen atoms in total. The standard InChI is InChI=1S/C35H50N8O11/c1-16-28(47)40-24(10-20-13-36-23-9-7-6-8-22(20)23)30(49)41-25(12-35(5,54)15-44)31(50)37-17(2)29(48)42-27(19(4)45)33(52)39-18(3)34(53)43-14-21(46)11-26(43)32(51)38-16/h6-9,13,16-19,21,24-27,36,44-46,54H,10-12,14-15H2,1-5H3,(H,37,50)(H,38,51)(H,39,52)(H,40,47)(H,41,49)(H,42,48). The molecule has 1 aromatic heterocycles. The first-order valence-electron chi connectivity index (χ1n) is 17.7. The van der Waals surface area contributed by atoms with Gasteiger partial charge in [-0.3, -0.25) is 33.6 Å². The van der Waals surface area contributed by atoms with Gasteiger partial charge in [-0.1, -0.05) is 18.2 Å². The van der Waals surface area contributed by atoms with Crippen molar-refractivity contribution < 1.29 is 54.0 Å². The van der Waals surface area contributed by atoms with Crippen LogP contribution in [-0.4, -0.2) is 145 Å². The van der Waals surface area contributed by atoms with Crippen molar-refractivity contribution in [2.24, 2.45) is 0 Å². The summed E-state index contributed by atoms with van der Waals surface area (Å²) in [5, 5.41) is 56.8. The first kappa shape index (κ1) is 41.6. The molecule has 10 unspecified atom stereocenters. The molecule has 7 amide bonds. The van der Waals surface area contributed by atoms with E-state index in [0.717, 1.165) is 15.8 Å². The van der Waals surface area contributed by atoms with E-state index in [2.05, 4.69) is 36.9 Å². The average molecular weight is 759 g/mol. The summed E-state index contributed by atoms with van der Waals surface area (Å²) in [4.78, 5) is 98.8. The van der Waals surface area contributed by atoms with E-state index >= 15 is 0 Å². The van der Waals surface area contributed by atoms with Gasteiger partial charge in [-0.25, -0.2) is 0 Å². The number of para-hydroxylation sites is 1. The Morgan fingerprint density at radius 1 is 0.796 bits per heavy atom. The van der Waals surface area contributed by atoms with Gasteiger partial charge < -0.3 is 62.2 Å². The van der Waals surface area contributed by atoms with Crippen molar-refractivity contribution in [3.63, 3.8) is 0 Å². The van der Waals surface area contributed by atoms with Crippen molar-refractivity contribution in [3.8, 4) is 0 Å². The molecule has 11 N–H and O–H groups in total. The Labute approximate surface area is 311 Å². The molecule has 2 aromatic rings. The van der Waals surface area contributed by atoms with Crippen LogP contribution in [0.25, 0.3) is 10.9 Å². The molecule has 10 atom stereocenters. The Morgan fingerprint density at radius 2 is 1.37 bits per heavy atom. The van der Waals surface area contributed by atoms with Gasteiger partial charge in [-0.2, -0.15) is 0 Å². The van der Waals surface area contributed by atoms with Crippen LogP contribution in [0.5, 0.6) is 0 Å². The van der Waals surface area contributed by atoms with Crippen molar-refractivity contribution in [1.82, 2.24) is 41.8 Å². The molecule has 296 valence electrons. The van der Waals surface area contributed by atoms with E-state index in [4.69, 9.17) is 0 Å². The number of nitrogens with zero attached hydrogens (tertiary/aromatic N) is 1. The molecule has 2 saturated heterocycles. The third-order valence-electron chi connectivity index (χ3n) is 9.51. The number of benzene rings is 1. The number of aromatic nitrogens is 1. The minimum atomic E-state index is -1.90. The van der Waals surface area contributed by atoms with Crippen LogP contribution in [0, 0.1) is 0 Å². The predicted molar refractivity (Wildman–Crippen MR) is 191 cm³/mol. The normalized spacial score (nSPS) is 30.1. The molecule has 19 heteroatoms. The first-order valence-corrected chi connectivity index (χ1v) is 17.7. The molecule has 2 fully saturated rings. The van der Waals surface area contributed by atoms with Crippen molar-refractivity contribution in [2.45, 2.75) is 114 Å². The summed E-state index contributed by atoms with van der Waals surface area (Å²) in [6, 6.07) is -2.58. The average Bonchev–Trinajstić information content (AvgIpc) is 3.71.